The first-order valence-corrected chi connectivity index (χ1v) is 5.56. The van der Waals surface area contributed by atoms with Gasteiger partial charge in [0.2, 0.25) is 5.91 Å². The molecule has 1 unspecified atom stereocenters. The van der Waals surface area contributed by atoms with Gasteiger partial charge in [0.05, 0.1) is 6.61 Å². The van der Waals surface area contributed by atoms with Crippen LogP contribution in [0, 0.1) is 4.77 Å². The first kappa shape index (κ1) is 13.8. The van der Waals surface area contributed by atoms with Crippen molar-refractivity contribution in [1.82, 2.24) is 20.1 Å². The molecule has 0 bridgehead atoms. The Balaban J connectivity index is 2.74. The Morgan fingerprint density at radius 3 is 3.06 bits per heavy atom. The molecule has 1 aromatic heterocycles. The van der Waals surface area contributed by atoms with E-state index < -0.39 is 6.04 Å². The maximum Gasteiger partial charge on any atom is 0.243 e. The lowest BCUT2D eigenvalue weighted by molar-refractivity contribution is -0.124. The van der Waals surface area contributed by atoms with Crippen LogP contribution in [0.3, 0.4) is 0 Å². The predicted octanol–water partition coefficient (Wildman–Crippen LogP) is -0.243. The lowest BCUT2D eigenvalue weighted by atomic mass is 10.3. The largest absolute Gasteiger partial charge is 0.388 e. The molecule has 1 amide bonds. The first-order chi connectivity index (χ1) is 8.11. The Labute approximate surface area is 104 Å². The molecule has 1 rings (SSSR count). The molecule has 0 aliphatic carbocycles. The molecule has 0 saturated heterocycles. The molecule has 1 heterocycles. The second-order valence-electron chi connectivity index (χ2n) is 3.43. The minimum absolute atomic E-state index is 0.200. The van der Waals surface area contributed by atoms with Crippen molar-refractivity contribution in [3.8, 4) is 0 Å². The molecule has 17 heavy (non-hydrogen) atoms. The predicted molar refractivity (Wildman–Crippen MR) is 62.9 cm³/mol. The maximum atomic E-state index is 11.8. The fraction of sp³-hybridized carbons (Fsp3) is 0.667. The molecule has 8 heteroatoms. The van der Waals surface area contributed by atoms with Crippen molar-refractivity contribution in [2.45, 2.75) is 19.6 Å². The molecule has 1 atom stereocenters. The summed E-state index contributed by atoms with van der Waals surface area (Å²) in [5, 5.41) is 18.1. The molecular weight excluding hydrogens is 244 g/mol. The smallest absolute Gasteiger partial charge is 0.243 e. The van der Waals surface area contributed by atoms with E-state index in [2.05, 4.69) is 15.5 Å². The summed E-state index contributed by atoms with van der Waals surface area (Å²) in [6, 6.07) is -0.528. The number of nitrogens with one attached hydrogen (secondary N) is 2. The molecule has 0 spiro atoms. The van der Waals surface area contributed by atoms with Gasteiger partial charge < -0.3 is 15.2 Å². The number of H-pyrrole nitrogens is 1. The van der Waals surface area contributed by atoms with Gasteiger partial charge in [-0.1, -0.05) is 0 Å². The van der Waals surface area contributed by atoms with Crippen LogP contribution in [0.4, 0.5) is 0 Å². The van der Waals surface area contributed by atoms with E-state index in [0.29, 0.717) is 23.7 Å². The Morgan fingerprint density at radius 1 is 1.76 bits per heavy atom. The second-order valence-corrected chi connectivity index (χ2v) is 3.82. The van der Waals surface area contributed by atoms with Crippen LogP contribution in [0.15, 0.2) is 0 Å². The number of amides is 1. The third-order valence-corrected chi connectivity index (χ3v) is 2.58. The van der Waals surface area contributed by atoms with Gasteiger partial charge in [-0.2, -0.15) is 5.10 Å². The highest BCUT2D eigenvalue weighted by Gasteiger charge is 2.18. The molecule has 0 fully saturated rings. The number of hydrogen-bond acceptors (Lipinski definition) is 5. The van der Waals surface area contributed by atoms with Gasteiger partial charge in [-0.3, -0.25) is 14.5 Å². The molecule has 0 aromatic carbocycles. The average Bonchev–Trinajstić information content (AvgIpc) is 2.69. The van der Waals surface area contributed by atoms with Gasteiger partial charge in [0.1, 0.15) is 12.6 Å². The van der Waals surface area contributed by atoms with Crippen LogP contribution >= 0.6 is 12.2 Å². The van der Waals surface area contributed by atoms with E-state index in [1.165, 1.54) is 4.57 Å². The van der Waals surface area contributed by atoms with Crippen LogP contribution in [0.2, 0.25) is 0 Å². The monoisotopic (exact) mass is 260 g/mol. The summed E-state index contributed by atoms with van der Waals surface area (Å²) in [6.07, 6.45) is 0. The number of carbonyl (C=O) groups excluding carboxylic acids is 1. The number of methoxy groups -OCH3 is 1. The van der Waals surface area contributed by atoms with E-state index in [1.807, 2.05) is 0 Å². The molecule has 1 aromatic rings. The normalized spacial score (nSPS) is 12.4. The zero-order chi connectivity index (χ0) is 12.8. The van der Waals surface area contributed by atoms with Crippen LogP contribution in [0.1, 0.15) is 18.8 Å². The van der Waals surface area contributed by atoms with Gasteiger partial charge in [0.15, 0.2) is 10.6 Å². The van der Waals surface area contributed by atoms with Gasteiger partial charge in [0.25, 0.3) is 0 Å². The lowest BCUT2D eigenvalue weighted by Crippen LogP contribution is -2.33. The number of aromatic amines is 1. The van der Waals surface area contributed by atoms with Gasteiger partial charge in [-0.05, 0) is 19.1 Å². The van der Waals surface area contributed by atoms with Gasteiger partial charge in [-0.25, -0.2) is 0 Å². The highest BCUT2D eigenvalue weighted by Crippen LogP contribution is 2.09. The quantitative estimate of drug-likeness (QED) is 0.485. The standard InChI is InChI=1S/C9H16N4O3S/c1-6(8(15)10-3-4-16-2)13-7(5-14)11-12-9(13)17/h6,14H,3-5H2,1-2H3,(H,10,15)(H,12,17). The van der Waals surface area contributed by atoms with E-state index in [0.717, 1.165) is 0 Å². The fourth-order valence-electron chi connectivity index (χ4n) is 1.39. The summed E-state index contributed by atoms with van der Waals surface area (Å²) in [4.78, 5) is 11.8. The molecule has 3 N–H and O–H groups in total. The van der Waals surface area contributed by atoms with E-state index in [4.69, 9.17) is 22.1 Å². The molecular formula is C9H16N4O3S. The molecule has 7 nitrogen and oxygen atoms in total. The Morgan fingerprint density at radius 2 is 2.47 bits per heavy atom. The van der Waals surface area contributed by atoms with Crippen molar-refractivity contribution in [2.24, 2.45) is 0 Å². The van der Waals surface area contributed by atoms with E-state index in [1.54, 1.807) is 14.0 Å². The van der Waals surface area contributed by atoms with Gasteiger partial charge >= 0.3 is 0 Å². The summed E-state index contributed by atoms with van der Waals surface area (Å²) < 4.78 is 6.62. The summed E-state index contributed by atoms with van der Waals surface area (Å²) >= 11 is 5.00. The third-order valence-electron chi connectivity index (χ3n) is 2.29. The number of ether oxygens (including phenoxy) is 1. The van der Waals surface area contributed by atoms with Crippen molar-refractivity contribution < 1.29 is 14.6 Å². The molecule has 0 aliphatic heterocycles. The van der Waals surface area contributed by atoms with Crippen molar-refractivity contribution >= 4 is 18.1 Å². The third kappa shape index (κ3) is 3.35. The number of aliphatic hydroxyl groups excluding tert-OH is 1. The van der Waals surface area contributed by atoms with E-state index in [-0.39, 0.29) is 12.5 Å². The highest BCUT2D eigenvalue weighted by atomic mass is 32.1. The summed E-state index contributed by atoms with van der Waals surface area (Å²) in [5.41, 5.74) is 0. The number of aliphatic hydroxyl groups is 1. The van der Waals surface area contributed by atoms with E-state index >= 15 is 0 Å². The van der Waals surface area contributed by atoms with Crippen molar-refractivity contribution in [3.63, 3.8) is 0 Å². The second kappa shape index (κ2) is 6.48. The van der Waals surface area contributed by atoms with Crippen molar-refractivity contribution in [1.29, 1.82) is 0 Å². The SMILES string of the molecule is COCCNC(=O)C(C)n1c(CO)n[nH]c1=S. The van der Waals surface area contributed by atoms with E-state index in [9.17, 15) is 4.79 Å². The molecule has 0 radical (unpaired) electrons. The Hall–Kier alpha value is -1.25. The number of nitrogens with zero attached hydrogens (tertiary/aromatic N) is 2. The van der Waals surface area contributed by atoms with Crippen molar-refractivity contribution in [3.05, 3.63) is 10.6 Å². The minimum atomic E-state index is -0.528. The molecule has 0 saturated carbocycles. The van der Waals surface area contributed by atoms with Crippen LogP contribution in [-0.2, 0) is 16.1 Å². The molecule has 96 valence electrons. The maximum absolute atomic E-state index is 11.8. The van der Waals surface area contributed by atoms with Crippen LogP contribution in [0.25, 0.3) is 0 Å². The number of carbonyl (C=O) groups is 1. The van der Waals surface area contributed by atoms with Gasteiger partial charge in [0, 0.05) is 13.7 Å². The average molecular weight is 260 g/mol. The van der Waals surface area contributed by atoms with Gasteiger partial charge in [-0.15, -0.1) is 0 Å². The summed E-state index contributed by atoms with van der Waals surface area (Å²) in [7, 11) is 1.56. The Kier molecular flexibility index (Phi) is 5.26. The zero-order valence-electron chi connectivity index (χ0n) is 9.77. The lowest BCUT2D eigenvalue weighted by Gasteiger charge is -2.14. The summed E-state index contributed by atoms with van der Waals surface area (Å²) in [6.45, 7) is 2.29. The molecule has 0 aliphatic rings. The zero-order valence-corrected chi connectivity index (χ0v) is 10.6. The van der Waals surface area contributed by atoms with Crippen LogP contribution < -0.4 is 5.32 Å². The number of aromatic nitrogens is 3. The minimum Gasteiger partial charge on any atom is -0.388 e. The Bertz CT molecular complexity index is 428. The van der Waals surface area contributed by atoms with Crippen LogP contribution in [-0.4, -0.2) is 46.0 Å². The number of hydrogen-bond donors (Lipinski definition) is 3. The topological polar surface area (TPSA) is 92.2 Å². The van der Waals surface area contributed by atoms with Crippen molar-refractivity contribution in [2.75, 3.05) is 20.3 Å². The summed E-state index contributed by atoms with van der Waals surface area (Å²) in [5.74, 6) is 0.138. The number of rotatable bonds is 6. The fourth-order valence-corrected chi connectivity index (χ4v) is 1.70. The first-order valence-electron chi connectivity index (χ1n) is 5.15. The van der Waals surface area contributed by atoms with Crippen LogP contribution in [0.5, 0.6) is 0 Å². The highest BCUT2D eigenvalue weighted by molar-refractivity contribution is 7.71.